The molecule has 2 rings (SSSR count). The molecule has 0 bridgehead atoms. The van der Waals surface area contributed by atoms with E-state index in [0.717, 1.165) is 0 Å². The van der Waals surface area contributed by atoms with Crippen LogP contribution in [0.25, 0.3) is 0 Å². The Morgan fingerprint density at radius 1 is 0.250 bits per heavy atom. The zero-order valence-corrected chi connectivity index (χ0v) is 120. The Labute approximate surface area is 1160 Å². The van der Waals surface area contributed by atoms with Crippen LogP contribution in [0.15, 0.2) is 9.98 Å². The molecule has 72 nitrogen and oxygen atoms in total. The van der Waals surface area contributed by atoms with Crippen LogP contribution in [0.1, 0.15) is 64.2 Å². The maximum atomic E-state index is 13.8. The molecule has 2 N–H and O–H groups in total. The van der Waals surface area contributed by atoms with Crippen molar-refractivity contribution in [1.82, 2.24) is 0 Å². The molecule has 0 aromatic heterocycles. The van der Waals surface area contributed by atoms with Gasteiger partial charge in [0.2, 0.25) is 146 Å². The maximum Gasteiger partial charge on any atom is 1.00 e. The average Bonchev–Trinajstić information content (AvgIpc) is 0.763. The van der Waals surface area contributed by atoms with Crippen LogP contribution >= 0.6 is 0 Å². The van der Waals surface area contributed by atoms with E-state index in [1.807, 2.05) is 0 Å². The molecule has 0 aromatic rings. The van der Waals surface area contributed by atoms with E-state index in [1.54, 1.807) is 0 Å². The molecule has 0 aliphatic carbocycles. The van der Waals surface area contributed by atoms with E-state index in [9.17, 15) is 218 Å². The quantitative estimate of drug-likeness (QED) is 0.0143. The first-order valence-electron chi connectivity index (χ1n) is 30.4. The SMILES string of the molecule is O=S(=O)([O-])OC[C@H](OS(=O)(=O)[O-])[C@H](O[C@H]1O[C@H](COS(=O)(=O)[O-])[C@H](OS(=O)(=O)[O-])[C@H](OS(=O)(=O)[O-])[C@@H]1OS(=O)(=O)O)[C@H](OS(=O)(=O)[O-])[C@@H](OS(=O)(=O)[O-])C([O-])=NCCCCCCCCCCCCN=C([O-])[C@@H](OS(=O)(=O)[O-])[C@@H](OS(=O)(=O)[O-])[C@@H](O[C@@H]1O[C@@H](COS(=O)(=O)[O-])[C@H](OS(=O)(=O)[O-])[C@H](OS(=O)(=O)[O-])C1OS(=O)(=O)O)[C@@H](COS(=O)(=O)[O-])OS(=O)(=O)[O-].[Na+].[Na+].[Na+].[Na+].[Na+].[Na+].[Na+].[Na+].[Na+].[Na+].[Na+].[Na+].[Na+].[Na+].[Na+].[Na+]. The standard InChI is InChI=1S/C36H68N2O70S16.16Na/c39-33(29(105-121(77,78)79)25(101-117(65,66)67)21(19(97-113(53,54)55)15-91-111(47,48)49)95-35-31(107-123(83,84)85)27(103-119(71,72)73)23(99-115(59,60)61)17(93-35)13-89-109(41,42)43)37-11-9-7-5-3-1-2-4-6-8-10-12-38-34(40)30(106-122(80,81)82)26(102-118(68,69)70)22(20(98-114(56,57)58)16-92-112(50,51)52)96-36-32(108-124(86,87)88)28(104-120(74,75)76)24(100-116(62,63)64)18(94-36)14-90-110(44,45)46;;;;;;;;;;;;;;;;/h17-32,35-36H,1-16H2,(H,37,39)(H,38,40)(H,41,42,43)(H,44,45,46)(H,47,48,49)(H,50,51,52)(H,53,54,55)(H,56,57,58)(H,59,60,61)(H,62,63,64)(H,65,66,67)(H,68,69,70)(H,71,72,73)(H,74,75,76)(H,77,78,79)(H,80,81,82)(H,83,84,85)(H,86,87,88);;;;;;;;;;;;;;;;/q;16*+1/p-16/t17-,18+,19+,20-,21-,22-,23-,24-,25-,26-,27-,28-,29-,30+,31?,32-,35-,36+;;;;;;;;;;;;;;;;/m0................/s1. The van der Waals surface area contributed by atoms with Gasteiger partial charge in [0, 0.05) is 13.1 Å². The first kappa shape index (κ1) is 185. The summed E-state index contributed by atoms with van der Waals surface area (Å²) < 4.78 is 651. The van der Waals surface area contributed by atoms with Gasteiger partial charge in [0.15, 0.2) is 24.8 Å². The van der Waals surface area contributed by atoms with Crippen molar-refractivity contribution in [1.29, 1.82) is 0 Å². The van der Waals surface area contributed by atoms with Crippen molar-refractivity contribution in [2.24, 2.45) is 9.98 Å². The summed E-state index contributed by atoms with van der Waals surface area (Å²) in [5.41, 5.74) is 0. The first-order chi connectivity index (χ1) is 55.3. The van der Waals surface area contributed by atoms with Crippen molar-refractivity contribution in [2.45, 2.75) is 174 Å². The van der Waals surface area contributed by atoms with Crippen molar-refractivity contribution in [3.8, 4) is 0 Å². The number of unbranched alkanes of at least 4 members (excludes halogenated alkanes) is 9. The van der Waals surface area contributed by atoms with E-state index in [2.05, 4.69) is 76.9 Å². The molecule has 2 heterocycles. The summed E-state index contributed by atoms with van der Waals surface area (Å²) in [6.45, 7) is -12.2. The Hall–Kier alpha value is 12.7. The first-order valence-corrected chi connectivity index (χ1v) is 51.8. The second kappa shape index (κ2) is 80.6. The van der Waals surface area contributed by atoms with Gasteiger partial charge in [-0.15, -0.1) is 0 Å². The maximum absolute atomic E-state index is 13.8. The van der Waals surface area contributed by atoms with Gasteiger partial charge in [-0.3, -0.25) is 67.7 Å². The molecule has 2 fully saturated rings. The van der Waals surface area contributed by atoms with Gasteiger partial charge in [-0.25, -0.2) is 126 Å². The number of aliphatic imine (C=N–C) groups is 2. The van der Waals surface area contributed by atoms with Crippen LogP contribution in [0, 0.1) is 0 Å². The predicted octanol–water partition coefficient (Wildman–Crippen LogP) is -64.6. The van der Waals surface area contributed by atoms with Gasteiger partial charge in [-0.05, 0) is 24.6 Å². The second-order valence-electron chi connectivity index (χ2n) is 22.8. The Morgan fingerprint density at radius 2 is 0.457 bits per heavy atom. The fraction of sp³-hybridized carbons (Fsp3) is 0.944. The second-order valence-corrected chi connectivity index (χ2v) is 39.2. The third-order valence-corrected chi connectivity index (χ3v) is 20.8. The molecular formula is C36H52N2Na16O70S16. The van der Waals surface area contributed by atoms with E-state index < -0.39 is 341 Å². The Balaban J connectivity index is -0.000000751. The zero-order valence-electron chi connectivity index (χ0n) is 74.8. The van der Waals surface area contributed by atoms with Crippen molar-refractivity contribution in [2.75, 3.05) is 39.5 Å². The topological polar surface area (TPSA) is 1160 Å². The van der Waals surface area contributed by atoms with E-state index in [0.29, 0.717) is 0 Å². The molecule has 0 amide bonds. The predicted molar refractivity (Wildman–Crippen MR) is 339 cm³/mol. The van der Waals surface area contributed by atoms with Crippen LogP contribution in [-0.4, -0.2) is 369 Å². The van der Waals surface area contributed by atoms with E-state index in [-0.39, 0.29) is 524 Å². The minimum atomic E-state index is -7.01. The number of nitrogens with zero attached hydrogens (tertiary/aromatic N) is 2. The summed E-state index contributed by atoms with van der Waals surface area (Å²) in [5.74, 6) is -5.07. The monoisotopic (exact) mass is 2510 g/mol. The van der Waals surface area contributed by atoms with Gasteiger partial charge in [-0.2, -0.15) is 16.8 Å². The molecule has 2 aliphatic rings. The van der Waals surface area contributed by atoms with Crippen molar-refractivity contribution >= 4 is 178 Å². The normalized spacial score (nSPS) is 21.1. The molecule has 0 saturated carbocycles. The van der Waals surface area contributed by atoms with Crippen LogP contribution in [0.5, 0.6) is 0 Å². The van der Waals surface area contributed by atoms with Gasteiger partial charge in [0.1, 0.15) is 85.5 Å². The minimum absolute atomic E-state index is 0. The summed E-state index contributed by atoms with van der Waals surface area (Å²) in [7, 11) is -107. The largest absolute Gasteiger partial charge is 1.00 e. The molecule has 1 unspecified atom stereocenters. The molecule has 2 saturated heterocycles. The summed E-state index contributed by atoms with van der Waals surface area (Å²) in [5, 5.41) is 27.6. The van der Waals surface area contributed by atoms with Gasteiger partial charge >= 0.3 is 494 Å². The van der Waals surface area contributed by atoms with Crippen LogP contribution < -0.4 is 483 Å². The summed E-state index contributed by atoms with van der Waals surface area (Å²) in [6, 6.07) is 0. The number of hydrogen-bond acceptors (Lipinski definition) is 70. The van der Waals surface area contributed by atoms with Crippen molar-refractivity contribution in [3.63, 3.8) is 0 Å². The van der Waals surface area contributed by atoms with Gasteiger partial charge in [-0.1, -0.05) is 51.4 Å². The fourth-order valence-electron chi connectivity index (χ4n) is 9.80. The average molecular weight is 2510 g/mol. The molecule has 18 atom stereocenters. The third kappa shape index (κ3) is 90.0. The number of rotatable bonds is 61. The molecule has 104 heteroatoms. The third-order valence-electron chi connectivity index (χ3n) is 13.6. The van der Waals surface area contributed by atoms with Crippen LogP contribution in [-0.2, 0) is 252 Å². The number of hydrogen-bond donors (Lipinski definition) is 2. The molecule has 0 spiro atoms. The van der Waals surface area contributed by atoms with Crippen molar-refractivity contribution in [3.05, 3.63) is 0 Å². The molecule has 0 radical (unpaired) electrons. The van der Waals surface area contributed by atoms with Gasteiger partial charge in [0.25, 0.3) is 0 Å². The molecule has 738 valence electrons. The Bertz CT molecular complexity index is 5320. The summed E-state index contributed by atoms with van der Waals surface area (Å²) >= 11 is 0. The van der Waals surface area contributed by atoms with Crippen LogP contribution in [0.4, 0.5) is 0 Å². The molecule has 140 heavy (non-hydrogen) atoms. The van der Waals surface area contributed by atoms with Crippen LogP contribution in [0.2, 0.25) is 0 Å². The van der Waals surface area contributed by atoms with Gasteiger partial charge < -0.3 is 103 Å². The summed E-state index contributed by atoms with van der Waals surface area (Å²) in [6.07, 6.45) is -70.7. The van der Waals surface area contributed by atoms with E-state index in [4.69, 9.17) is 18.9 Å². The van der Waals surface area contributed by atoms with Crippen molar-refractivity contribution < 1.29 is 777 Å². The minimum Gasteiger partial charge on any atom is -0.860 e. The van der Waals surface area contributed by atoms with Crippen LogP contribution in [0.3, 0.4) is 0 Å². The Kier molecular flexibility index (Phi) is 107. The molecular weight excluding hydrogens is 2460 g/mol. The summed E-state index contributed by atoms with van der Waals surface area (Å²) in [4.78, 5) is 6.36. The smallest absolute Gasteiger partial charge is 0.860 e. The molecule has 0 aromatic carbocycles. The van der Waals surface area contributed by atoms with Gasteiger partial charge in [0.05, 0.1) is 26.4 Å². The fourth-order valence-corrected chi connectivity index (χ4v) is 16.7. The number of ether oxygens (including phenoxy) is 4. The Morgan fingerprint density at radius 3 is 0.650 bits per heavy atom. The molecule has 2 aliphatic heterocycles. The van der Waals surface area contributed by atoms with E-state index in [1.165, 1.54) is 0 Å². The zero-order chi connectivity index (χ0) is 96.4. The van der Waals surface area contributed by atoms with E-state index >= 15 is 0 Å².